The zero-order valence-corrected chi connectivity index (χ0v) is 12.6. The van der Waals surface area contributed by atoms with E-state index in [1.54, 1.807) is 0 Å². The molecule has 0 spiro atoms. The minimum Gasteiger partial charge on any atom is -0.335 e. The van der Waals surface area contributed by atoms with E-state index in [0.29, 0.717) is 5.92 Å². The zero-order chi connectivity index (χ0) is 15.2. The van der Waals surface area contributed by atoms with E-state index in [1.165, 1.54) is 0 Å². The number of rotatable bonds is 6. The Bertz CT molecular complexity index is 484. The lowest BCUT2D eigenvalue weighted by molar-refractivity contribution is -0.119. The Labute approximate surface area is 125 Å². The van der Waals surface area contributed by atoms with Crippen LogP contribution in [0.3, 0.4) is 0 Å². The lowest BCUT2D eigenvalue weighted by Gasteiger charge is -2.22. The normalized spacial score (nSPS) is 15.6. The standard InChI is InChI=1S/C16H23N3O2/c1-11(2)15(12-6-4-3-5-7-12)17-10-14(20)19-16(21)18-13-8-9-13/h3-7,11,13,15,17H,8-10H2,1-2H3,(H2,18,19,20,21)/t15-/m0/s1. The van der Waals surface area contributed by atoms with Gasteiger partial charge in [-0.1, -0.05) is 44.2 Å². The number of hydrogen-bond donors (Lipinski definition) is 3. The molecule has 0 bridgehead atoms. The van der Waals surface area contributed by atoms with Gasteiger partial charge in [0, 0.05) is 12.1 Å². The number of carbonyl (C=O) groups excluding carboxylic acids is 2. The highest BCUT2D eigenvalue weighted by Gasteiger charge is 2.24. The molecule has 0 aromatic heterocycles. The summed E-state index contributed by atoms with van der Waals surface area (Å²) in [6.45, 7) is 4.32. The van der Waals surface area contributed by atoms with Crippen LogP contribution >= 0.6 is 0 Å². The van der Waals surface area contributed by atoms with Crippen LogP contribution in [0.15, 0.2) is 30.3 Å². The minimum absolute atomic E-state index is 0.0865. The van der Waals surface area contributed by atoms with Gasteiger partial charge >= 0.3 is 6.03 Å². The Morgan fingerprint density at radius 1 is 1.19 bits per heavy atom. The molecular weight excluding hydrogens is 266 g/mol. The number of hydrogen-bond acceptors (Lipinski definition) is 3. The molecule has 1 aliphatic carbocycles. The predicted octanol–water partition coefficient (Wildman–Crippen LogP) is 1.96. The highest BCUT2D eigenvalue weighted by Crippen LogP contribution is 2.21. The molecule has 0 unspecified atom stereocenters. The van der Waals surface area contributed by atoms with E-state index in [4.69, 9.17) is 0 Å². The lowest BCUT2D eigenvalue weighted by Crippen LogP contribution is -2.45. The summed E-state index contributed by atoms with van der Waals surface area (Å²) in [4.78, 5) is 23.3. The van der Waals surface area contributed by atoms with Crippen LogP contribution in [0.1, 0.15) is 38.3 Å². The van der Waals surface area contributed by atoms with E-state index >= 15 is 0 Å². The molecule has 3 N–H and O–H groups in total. The molecule has 3 amide bonds. The second-order valence-corrected chi connectivity index (χ2v) is 5.81. The molecule has 0 radical (unpaired) electrons. The summed E-state index contributed by atoms with van der Waals surface area (Å²) in [6, 6.07) is 9.94. The molecule has 1 atom stereocenters. The molecule has 0 aliphatic heterocycles. The maximum absolute atomic E-state index is 11.8. The molecule has 0 heterocycles. The van der Waals surface area contributed by atoms with Gasteiger partial charge in [0.15, 0.2) is 0 Å². The van der Waals surface area contributed by atoms with E-state index < -0.39 is 6.03 Å². The van der Waals surface area contributed by atoms with Gasteiger partial charge in [-0.05, 0) is 24.3 Å². The van der Waals surface area contributed by atoms with Crippen LogP contribution in [-0.2, 0) is 4.79 Å². The zero-order valence-electron chi connectivity index (χ0n) is 12.6. The monoisotopic (exact) mass is 289 g/mol. The van der Waals surface area contributed by atoms with Crippen molar-refractivity contribution in [1.29, 1.82) is 0 Å². The second kappa shape index (κ2) is 7.22. The highest BCUT2D eigenvalue weighted by atomic mass is 16.2. The number of nitrogens with one attached hydrogen (secondary N) is 3. The summed E-state index contributed by atoms with van der Waals surface area (Å²) < 4.78 is 0. The first-order valence-corrected chi connectivity index (χ1v) is 7.45. The quantitative estimate of drug-likeness (QED) is 0.750. The molecule has 1 aromatic rings. The summed E-state index contributed by atoms with van der Waals surface area (Å²) >= 11 is 0. The Morgan fingerprint density at radius 2 is 1.86 bits per heavy atom. The Hall–Kier alpha value is -1.88. The fraction of sp³-hybridized carbons (Fsp3) is 0.500. The third kappa shape index (κ3) is 5.19. The van der Waals surface area contributed by atoms with Gasteiger partial charge in [-0.3, -0.25) is 10.1 Å². The average Bonchev–Trinajstić information content (AvgIpc) is 3.23. The summed E-state index contributed by atoms with van der Waals surface area (Å²) in [5.74, 6) is 0.0372. The smallest absolute Gasteiger partial charge is 0.321 e. The molecular formula is C16H23N3O2. The van der Waals surface area contributed by atoms with Crippen LogP contribution in [0, 0.1) is 5.92 Å². The van der Waals surface area contributed by atoms with Crippen molar-refractivity contribution in [2.24, 2.45) is 5.92 Å². The topological polar surface area (TPSA) is 70.2 Å². The van der Waals surface area contributed by atoms with Crippen molar-refractivity contribution < 1.29 is 9.59 Å². The van der Waals surface area contributed by atoms with E-state index in [2.05, 4.69) is 29.8 Å². The number of amides is 3. The number of imide groups is 1. The molecule has 1 aromatic carbocycles. The molecule has 114 valence electrons. The first-order chi connectivity index (χ1) is 10.1. The molecule has 1 aliphatic rings. The number of carbonyl (C=O) groups is 2. The van der Waals surface area contributed by atoms with Crippen LogP contribution in [-0.4, -0.2) is 24.5 Å². The van der Waals surface area contributed by atoms with Crippen molar-refractivity contribution in [3.8, 4) is 0 Å². The maximum Gasteiger partial charge on any atom is 0.321 e. The van der Waals surface area contributed by atoms with Crippen LogP contribution in [0.25, 0.3) is 0 Å². The molecule has 5 nitrogen and oxygen atoms in total. The molecule has 1 fully saturated rings. The van der Waals surface area contributed by atoms with Gasteiger partial charge in [-0.2, -0.15) is 0 Å². The van der Waals surface area contributed by atoms with Gasteiger partial charge < -0.3 is 10.6 Å². The van der Waals surface area contributed by atoms with Gasteiger partial charge in [-0.25, -0.2) is 4.79 Å². The van der Waals surface area contributed by atoms with Crippen LogP contribution in [0.2, 0.25) is 0 Å². The fourth-order valence-corrected chi connectivity index (χ4v) is 2.22. The minimum atomic E-state index is -0.398. The third-order valence-corrected chi connectivity index (χ3v) is 3.47. The van der Waals surface area contributed by atoms with Gasteiger partial charge in [-0.15, -0.1) is 0 Å². The average molecular weight is 289 g/mol. The lowest BCUT2D eigenvalue weighted by atomic mass is 9.96. The summed E-state index contributed by atoms with van der Waals surface area (Å²) in [5.41, 5.74) is 1.14. The Morgan fingerprint density at radius 3 is 2.43 bits per heavy atom. The van der Waals surface area contributed by atoms with Crippen molar-refractivity contribution in [2.45, 2.75) is 38.8 Å². The molecule has 5 heteroatoms. The number of urea groups is 1. The first-order valence-electron chi connectivity index (χ1n) is 7.45. The summed E-state index contributed by atoms with van der Waals surface area (Å²) in [6.07, 6.45) is 2.01. The summed E-state index contributed by atoms with van der Waals surface area (Å²) in [7, 11) is 0. The van der Waals surface area contributed by atoms with E-state index in [0.717, 1.165) is 18.4 Å². The van der Waals surface area contributed by atoms with Crippen molar-refractivity contribution in [3.05, 3.63) is 35.9 Å². The van der Waals surface area contributed by atoms with E-state index in [-0.39, 0.29) is 24.5 Å². The van der Waals surface area contributed by atoms with Gasteiger partial charge in [0.1, 0.15) is 0 Å². The molecule has 0 saturated heterocycles. The van der Waals surface area contributed by atoms with E-state index in [9.17, 15) is 9.59 Å². The predicted molar refractivity (Wildman–Crippen MR) is 81.7 cm³/mol. The van der Waals surface area contributed by atoms with Gasteiger partial charge in [0.25, 0.3) is 0 Å². The van der Waals surface area contributed by atoms with Crippen molar-refractivity contribution in [3.63, 3.8) is 0 Å². The van der Waals surface area contributed by atoms with Crippen molar-refractivity contribution in [1.82, 2.24) is 16.0 Å². The van der Waals surface area contributed by atoms with Crippen LogP contribution in [0.5, 0.6) is 0 Å². The first kappa shape index (κ1) is 15.5. The fourth-order valence-electron chi connectivity index (χ4n) is 2.22. The Kier molecular flexibility index (Phi) is 5.33. The van der Waals surface area contributed by atoms with Crippen LogP contribution in [0.4, 0.5) is 4.79 Å². The second-order valence-electron chi connectivity index (χ2n) is 5.81. The van der Waals surface area contributed by atoms with Crippen molar-refractivity contribution in [2.75, 3.05) is 6.54 Å². The van der Waals surface area contributed by atoms with Crippen molar-refractivity contribution >= 4 is 11.9 Å². The Balaban J connectivity index is 1.81. The van der Waals surface area contributed by atoms with Crippen LogP contribution < -0.4 is 16.0 Å². The largest absolute Gasteiger partial charge is 0.335 e. The molecule has 1 saturated carbocycles. The number of benzene rings is 1. The maximum atomic E-state index is 11.8. The molecule has 21 heavy (non-hydrogen) atoms. The van der Waals surface area contributed by atoms with Gasteiger partial charge in [0.2, 0.25) is 5.91 Å². The SMILES string of the molecule is CC(C)[C@H](NCC(=O)NC(=O)NC1CC1)c1ccccc1. The third-order valence-electron chi connectivity index (χ3n) is 3.47. The van der Waals surface area contributed by atoms with E-state index in [1.807, 2.05) is 30.3 Å². The molecule has 2 rings (SSSR count). The summed E-state index contributed by atoms with van der Waals surface area (Å²) in [5, 5.41) is 8.29. The van der Waals surface area contributed by atoms with Gasteiger partial charge in [0.05, 0.1) is 6.54 Å². The highest BCUT2D eigenvalue weighted by molar-refractivity contribution is 5.95.